The van der Waals surface area contributed by atoms with Crippen LogP contribution in [-0.2, 0) is 0 Å². The molecule has 0 heterocycles. The maximum absolute atomic E-state index is 11.0. The van der Waals surface area contributed by atoms with Crippen molar-refractivity contribution >= 4 is 34.5 Å². The Labute approximate surface area is 137 Å². The Morgan fingerprint density at radius 3 is 2.43 bits per heavy atom. The van der Waals surface area contributed by atoms with Gasteiger partial charge >= 0.3 is 0 Å². The molecule has 0 aliphatic carbocycles. The van der Waals surface area contributed by atoms with Crippen LogP contribution in [0.15, 0.2) is 24.3 Å². The zero-order valence-corrected chi connectivity index (χ0v) is 15.1. The van der Waals surface area contributed by atoms with Crippen molar-refractivity contribution in [2.45, 2.75) is 51.6 Å². The van der Waals surface area contributed by atoms with Crippen LogP contribution in [0.1, 0.15) is 44.6 Å². The van der Waals surface area contributed by atoms with Crippen molar-refractivity contribution in [3.63, 3.8) is 0 Å². The molecule has 0 spiro atoms. The Balaban J connectivity index is 2.35. The molecule has 0 saturated carbocycles. The van der Waals surface area contributed by atoms with Crippen LogP contribution in [0.2, 0.25) is 12.6 Å². The summed E-state index contributed by atoms with van der Waals surface area (Å²) in [6, 6.07) is 7.87. The Hall–Kier alpha value is -0.583. The van der Waals surface area contributed by atoms with E-state index in [2.05, 4.69) is 0 Å². The molecule has 0 aliphatic rings. The molecule has 0 aliphatic heterocycles. The fourth-order valence-electron chi connectivity index (χ4n) is 2.31. The highest BCUT2D eigenvalue weighted by Crippen LogP contribution is 2.29. The predicted octanol–water partition coefficient (Wildman–Crippen LogP) is 6.04. The highest BCUT2D eigenvalue weighted by molar-refractivity contribution is 7.44. The fraction of sp³-hybridized carbons (Fsp3) is 0.533. The minimum atomic E-state index is -1.95. The summed E-state index contributed by atoms with van der Waals surface area (Å²) < 4.78 is 0. The van der Waals surface area contributed by atoms with E-state index in [0.29, 0.717) is 0 Å². The zero-order chi connectivity index (χ0) is 15.9. The molecule has 3 nitrogen and oxygen atoms in total. The second-order valence-corrected chi connectivity index (χ2v) is 13.8. The quantitative estimate of drug-likeness (QED) is 0.180. The maximum Gasteiger partial charge on any atom is 0.273 e. The topological polar surface area (TPSA) is 43.1 Å². The molecule has 0 atom stereocenters. The van der Waals surface area contributed by atoms with E-state index in [4.69, 9.17) is 22.2 Å². The SMILES string of the molecule is C[C](CCCCCC[Si](C)(Cl)Cl)c1ccccc1[N+](=O)[O-]. The number of hydrogen-bond donors (Lipinski definition) is 0. The van der Waals surface area contributed by atoms with Gasteiger partial charge in [0, 0.05) is 17.5 Å². The molecule has 0 aromatic heterocycles. The van der Waals surface area contributed by atoms with Crippen LogP contribution in [0.25, 0.3) is 0 Å². The van der Waals surface area contributed by atoms with Gasteiger partial charge in [0.2, 0.25) is 6.69 Å². The third-order valence-electron chi connectivity index (χ3n) is 3.48. The van der Waals surface area contributed by atoms with E-state index in [-0.39, 0.29) is 10.6 Å². The van der Waals surface area contributed by atoms with Crippen LogP contribution in [0, 0.1) is 16.0 Å². The number of benzene rings is 1. The summed E-state index contributed by atoms with van der Waals surface area (Å²) in [5, 5.41) is 11.0. The van der Waals surface area contributed by atoms with Gasteiger partial charge in [-0.25, -0.2) is 0 Å². The van der Waals surface area contributed by atoms with E-state index in [9.17, 15) is 10.1 Å². The minimum Gasteiger partial charge on any atom is -0.258 e. The molecular weight excluding hydrogens is 325 g/mol. The van der Waals surface area contributed by atoms with Crippen molar-refractivity contribution in [1.29, 1.82) is 0 Å². The first-order valence-electron chi connectivity index (χ1n) is 7.25. The molecule has 21 heavy (non-hydrogen) atoms. The number of para-hydroxylation sites is 1. The molecule has 0 unspecified atom stereocenters. The Bertz CT molecular complexity index is 463. The maximum atomic E-state index is 11.0. The summed E-state index contributed by atoms with van der Waals surface area (Å²) in [6.45, 7) is 1.98. The first kappa shape index (κ1) is 18.5. The molecule has 0 bridgehead atoms. The van der Waals surface area contributed by atoms with E-state index in [1.54, 1.807) is 12.1 Å². The van der Waals surface area contributed by atoms with Crippen LogP contribution in [0.4, 0.5) is 5.69 Å². The Morgan fingerprint density at radius 1 is 1.19 bits per heavy atom. The average Bonchev–Trinajstić information content (AvgIpc) is 2.41. The van der Waals surface area contributed by atoms with Gasteiger partial charge in [-0.1, -0.05) is 50.8 Å². The molecule has 117 valence electrons. The number of halogens is 2. The van der Waals surface area contributed by atoms with Crippen LogP contribution in [0.3, 0.4) is 0 Å². The number of unbranched alkanes of at least 4 members (excludes halogenated alkanes) is 3. The number of hydrogen-bond acceptors (Lipinski definition) is 2. The third-order valence-corrected chi connectivity index (χ3v) is 5.84. The molecule has 1 aromatic rings. The highest BCUT2D eigenvalue weighted by atomic mass is 35.7. The van der Waals surface area contributed by atoms with E-state index in [1.807, 2.05) is 25.6 Å². The van der Waals surface area contributed by atoms with Gasteiger partial charge in [-0.2, -0.15) is 0 Å². The summed E-state index contributed by atoms with van der Waals surface area (Å²) in [4.78, 5) is 10.7. The van der Waals surface area contributed by atoms with E-state index >= 15 is 0 Å². The third kappa shape index (κ3) is 7.29. The van der Waals surface area contributed by atoms with E-state index < -0.39 is 6.69 Å². The molecule has 1 aromatic carbocycles. The standard InChI is InChI=1S/C15H22Cl2NO2Si/c1-13(9-5-3-4-8-12-21(2,16)17)14-10-6-7-11-15(14)18(19)20/h6-7,10-11H,3-5,8-9,12H2,1-2H3. The van der Waals surface area contributed by atoms with Crippen LogP contribution < -0.4 is 0 Å². The van der Waals surface area contributed by atoms with Gasteiger partial charge in [0.25, 0.3) is 5.69 Å². The van der Waals surface area contributed by atoms with Gasteiger partial charge in [0.1, 0.15) is 0 Å². The number of nitro benzene ring substituents is 1. The molecule has 0 fully saturated rings. The van der Waals surface area contributed by atoms with Crippen molar-refractivity contribution in [1.82, 2.24) is 0 Å². The first-order chi connectivity index (χ1) is 9.81. The lowest BCUT2D eigenvalue weighted by Crippen LogP contribution is -2.11. The molecule has 0 amide bonds. The average molecular weight is 347 g/mol. The van der Waals surface area contributed by atoms with E-state index in [1.165, 1.54) is 0 Å². The smallest absolute Gasteiger partial charge is 0.258 e. The largest absolute Gasteiger partial charge is 0.273 e. The van der Waals surface area contributed by atoms with Gasteiger partial charge in [-0.05, 0) is 19.0 Å². The van der Waals surface area contributed by atoms with Crippen LogP contribution >= 0.6 is 22.2 Å². The normalized spacial score (nSPS) is 11.9. The number of nitro groups is 1. The summed E-state index contributed by atoms with van der Waals surface area (Å²) in [5.41, 5.74) is 0.949. The molecule has 1 radical (unpaired) electrons. The Kier molecular flexibility index (Phi) is 7.70. The number of nitrogens with zero attached hydrogens (tertiary/aromatic N) is 1. The van der Waals surface area contributed by atoms with Crippen LogP contribution in [0.5, 0.6) is 0 Å². The summed E-state index contributed by atoms with van der Waals surface area (Å²) in [5.74, 6) is 1.08. The highest BCUT2D eigenvalue weighted by Gasteiger charge is 2.20. The molecule has 0 N–H and O–H groups in total. The zero-order valence-electron chi connectivity index (χ0n) is 12.6. The Morgan fingerprint density at radius 2 is 1.81 bits per heavy atom. The summed E-state index contributed by atoms with van der Waals surface area (Å²) in [7, 11) is 0. The lowest BCUT2D eigenvalue weighted by Gasteiger charge is -2.12. The minimum absolute atomic E-state index is 0.195. The van der Waals surface area contributed by atoms with Crippen LogP contribution in [-0.4, -0.2) is 11.6 Å². The number of rotatable bonds is 9. The monoisotopic (exact) mass is 346 g/mol. The van der Waals surface area contributed by atoms with E-state index in [0.717, 1.165) is 49.6 Å². The van der Waals surface area contributed by atoms with Gasteiger partial charge in [0.05, 0.1) is 4.92 Å². The van der Waals surface area contributed by atoms with Crippen molar-refractivity contribution < 1.29 is 4.92 Å². The summed E-state index contributed by atoms with van der Waals surface area (Å²) >= 11 is 12.1. The first-order valence-corrected chi connectivity index (χ1v) is 12.0. The molecule has 0 saturated heterocycles. The fourth-order valence-corrected chi connectivity index (χ4v) is 3.98. The van der Waals surface area contributed by atoms with Gasteiger partial charge in [-0.15, -0.1) is 22.2 Å². The van der Waals surface area contributed by atoms with Gasteiger partial charge in [0.15, 0.2) is 0 Å². The van der Waals surface area contributed by atoms with Crippen molar-refractivity contribution in [3.05, 3.63) is 45.9 Å². The lowest BCUT2D eigenvalue weighted by molar-refractivity contribution is -0.385. The summed E-state index contributed by atoms with van der Waals surface area (Å²) in [6.07, 6.45) is 5.23. The second-order valence-electron chi connectivity index (χ2n) is 5.54. The molecular formula is C15H22Cl2NO2Si. The van der Waals surface area contributed by atoms with Gasteiger partial charge in [-0.3, -0.25) is 10.1 Å². The van der Waals surface area contributed by atoms with Gasteiger partial charge < -0.3 is 0 Å². The van der Waals surface area contributed by atoms with Crippen molar-refractivity contribution in [2.75, 3.05) is 0 Å². The lowest BCUT2D eigenvalue weighted by atomic mass is 9.93. The molecule has 6 heteroatoms. The van der Waals surface area contributed by atoms with Crippen molar-refractivity contribution in [3.8, 4) is 0 Å². The predicted molar refractivity (Wildman–Crippen MR) is 92.3 cm³/mol. The second kappa shape index (κ2) is 8.76. The van der Waals surface area contributed by atoms with Crippen molar-refractivity contribution in [2.24, 2.45) is 0 Å². The molecule has 1 rings (SSSR count).